The quantitative estimate of drug-likeness (QED) is 0.841. The fourth-order valence-electron chi connectivity index (χ4n) is 2.66. The molecule has 1 aliphatic rings. The molecule has 1 heterocycles. The Balaban J connectivity index is 1.92. The van der Waals surface area contributed by atoms with Crippen LogP contribution in [0.25, 0.3) is 0 Å². The summed E-state index contributed by atoms with van der Waals surface area (Å²) in [4.78, 5) is 2.37. The molecule has 0 aromatic heterocycles. The van der Waals surface area contributed by atoms with Gasteiger partial charge in [-0.15, -0.1) is 0 Å². The van der Waals surface area contributed by atoms with Crippen LogP contribution >= 0.6 is 11.6 Å². The minimum absolute atomic E-state index is 0.824. The molecule has 1 aliphatic heterocycles. The van der Waals surface area contributed by atoms with Crippen LogP contribution in [0.15, 0.2) is 42.5 Å². The first-order valence-corrected chi connectivity index (χ1v) is 6.98. The molecule has 0 saturated heterocycles. The summed E-state index contributed by atoms with van der Waals surface area (Å²) in [7, 11) is 0. The molecule has 0 bridgehead atoms. The number of benzene rings is 2. The SMILES string of the molecule is Nc1ccc2c(c1)N(Cc1ccccc1Cl)CCC2. The van der Waals surface area contributed by atoms with E-state index in [1.807, 2.05) is 24.3 Å². The lowest BCUT2D eigenvalue weighted by molar-refractivity contribution is 0.691. The lowest BCUT2D eigenvalue weighted by Crippen LogP contribution is -2.29. The van der Waals surface area contributed by atoms with Gasteiger partial charge in [-0.2, -0.15) is 0 Å². The first-order valence-electron chi connectivity index (χ1n) is 6.61. The predicted octanol–water partition coefficient (Wildman–Crippen LogP) is 3.88. The minimum atomic E-state index is 0.824. The van der Waals surface area contributed by atoms with E-state index in [1.54, 1.807) is 0 Å². The Bertz CT molecular complexity index is 595. The van der Waals surface area contributed by atoms with Crippen LogP contribution in [-0.2, 0) is 13.0 Å². The summed E-state index contributed by atoms with van der Waals surface area (Å²) < 4.78 is 0. The second-order valence-corrected chi connectivity index (χ2v) is 5.41. The summed E-state index contributed by atoms with van der Waals surface area (Å²) in [5.74, 6) is 0. The van der Waals surface area contributed by atoms with Crippen molar-refractivity contribution in [1.29, 1.82) is 0 Å². The molecule has 2 aromatic carbocycles. The van der Waals surface area contributed by atoms with Crippen LogP contribution in [0.4, 0.5) is 11.4 Å². The molecule has 98 valence electrons. The first-order chi connectivity index (χ1) is 9.24. The number of fused-ring (bicyclic) bond motifs is 1. The number of hydrogen-bond donors (Lipinski definition) is 1. The van der Waals surface area contributed by atoms with Gasteiger partial charge in [0, 0.05) is 29.5 Å². The molecule has 0 fully saturated rings. The summed E-state index contributed by atoms with van der Waals surface area (Å²) >= 11 is 6.25. The van der Waals surface area contributed by atoms with Gasteiger partial charge in [0.1, 0.15) is 0 Å². The van der Waals surface area contributed by atoms with Crippen LogP contribution in [0.2, 0.25) is 5.02 Å². The number of nitrogens with zero attached hydrogens (tertiary/aromatic N) is 1. The van der Waals surface area contributed by atoms with E-state index < -0.39 is 0 Å². The molecule has 0 atom stereocenters. The number of anilines is 2. The Morgan fingerprint density at radius 3 is 2.84 bits per heavy atom. The lowest BCUT2D eigenvalue weighted by Gasteiger charge is -2.32. The largest absolute Gasteiger partial charge is 0.399 e. The van der Waals surface area contributed by atoms with Crippen LogP contribution in [-0.4, -0.2) is 6.54 Å². The standard InChI is InChI=1S/C16H17ClN2/c17-15-6-2-1-4-13(15)11-19-9-3-5-12-7-8-14(18)10-16(12)19/h1-2,4,6-8,10H,3,5,9,11,18H2. The molecular formula is C16H17ClN2. The van der Waals surface area contributed by atoms with Gasteiger partial charge in [0.05, 0.1) is 0 Å². The molecule has 0 aliphatic carbocycles. The molecule has 0 radical (unpaired) electrons. The summed E-state index contributed by atoms with van der Waals surface area (Å²) in [6.45, 7) is 1.90. The Labute approximate surface area is 118 Å². The lowest BCUT2D eigenvalue weighted by atomic mass is 10.0. The summed E-state index contributed by atoms with van der Waals surface area (Å²) in [5, 5.41) is 0.832. The van der Waals surface area contributed by atoms with E-state index in [0.717, 1.165) is 30.2 Å². The van der Waals surface area contributed by atoms with Crippen LogP contribution in [0.5, 0.6) is 0 Å². The van der Waals surface area contributed by atoms with Gasteiger partial charge in [-0.1, -0.05) is 35.9 Å². The van der Waals surface area contributed by atoms with Gasteiger partial charge in [-0.25, -0.2) is 0 Å². The Hall–Kier alpha value is -1.67. The topological polar surface area (TPSA) is 29.3 Å². The number of aryl methyl sites for hydroxylation is 1. The molecule has 2 aromatic rings. The van der Waals surface area contributed by atoms with E-state index in [2.05, 4.69) is 23.1 Å². The summed E-state index contributed by atoms with van der Waals surface area (Å²) in [6, 6.07) is 14.2. The van der Waals surface area contributed by atoms with E-state index in [9.17, 15) is 0 Å². The van der Waals surface area contributed by atoms with Gasteiger partial charge in [-0.05, 0) is 42.2 Å². The van der Waals surface area contributed by atoms with Crippen LogP contribution in [0.1, 0.15) is 17.5 Å². The van der Waals surface area contributed by atoms with Crippen molar-refractivity contribution in [2.45, 2.75) is 19.4 Å². The third-order valence-corrected chi connectivity index (χ3v) is 4.01. The monoisotopic (exact) mass is 272 g/mol. The highest BCUT2D eigenvalue weighted by Gasteiger charge is 2.17. The third-order valence-electron chi connectivity index (χ3n) is 3.64. The van der Waals surface area contributed by atoms with E-state index in [1.165, 1.54) is 23.2 Å². The molecule has 3 heteroatoms. The van der Waals surface area contributed by atoms with Gasteiger partial charge in [0.15, 0.2) is 0 Å². The highest BCUT2D eigenvalue weighted by molar-refractivity contribution is 6.31. The summed E-state index contributed by atoms with van der Waals surface area (Å²) in [5.41, 5.74) is 10.5. The Kier molecular flexibility index (Phi) is 3.34. The van der Waals surface area contributed by atoms with Crippen molar-refractivity contribution < 1.29 is 0 Å². The van der Waals surface area contributed by atoms with Crippen molar-refractivity contribution in [3.63, 3.8) is 0 Å². The molecule has 0 unspecified atom stereocenters. The molecular weight excluding hydrogens is 256 g/mol. The Morgan fingerprint density at radius 2 is 2.00 bits per heavy atom. The van der Waals surface area contributed by atoms with E-state index in [4.69, 9.17) is 17.3 Å². The second kappa shape index (κ2) is 5.14. The highest BCUT2D eigenvalue weighted by Crippen LogP contribution is 2.31. The number of rotatable bonds is 2. The molecule has 0 spiro atoms. The van der Waals surface area contributed by atoms with Crippen LogP contribution in [0.3, 0.4) is 0 Å². The van der Waals surface area contributed by atoms with E-state index >= 15 is 0 Å². The molecule has 0 saturated carbocycles. The Morgan fingerprint density at radius 1 is 1.16 bits per heavy atom. The maximum absolute atomic E-state index is 6.25. The maximum Gasteiger partial charge on any atom is 0.0455 e. The molecule has 2 nitrogen and oxygen atoms in total. The average molecular weight is 273 g/mol. The molecule has 19 heavy (non-hydrogen) atoms. The fraction of sp³-hybridized carbons (Fsp3) is 0.250. The van der Waals surface area contributed by atoms with Crippen molar-refractivity contribution in [2.24, 2.45) is 0 Å². The smallest absolute Gasteiger partial charge is 0.0455 e. The zero-order chi connectivity index (χ0) is 13.2. The zero-order valence-corrected chi connectivity index (χ0v) is 11.5. The van der Waals surface area contributed by atoms with E-state index in [-0.39, 0.29) is 0 Å². The van der Waals surface area contributed by atoms with Crippen molar-refractivity contribution in [2.75, 3.05) is 17.2 Å². The maximum atomic E-state index is 6.25. The van der Waals surface area contributed by atoms with Gasteiger partial charge in [0.2, 0.25) is 0 Å². The zero-order valence-electron chi connectivity index (χ0n) is 10.8. The van der Waals surface area contributed by atoms with Crippen LogP contribution in [0, 0.1) is 0 Å². The highest BCUT2D eigenvalue weighted by atomic mass is 35.5. The van der Waals surface area contributed by atoms with E-state index in [0.29, 0.717) is 0 Å². The third kappa shape index (κ3) is 2.54. The molecule has 3 rings (SSSR count). The normalized spacial score (nSPS) is 14.3. The second-order valence-electron chi connectivity index (χ2n) is 5.00. The molecule has 2 N–H and O–H groups in total. The van der Waals surface area contributed by atoms with Gasteiger partial charge >= 0.3 is 0 Å². The van der Waals surface area contributed by atoms with Gasteiger partial charge in [-0.3, -0.25) is 0 Å². The van der Waals surface area contributed by atoms with Crippen molar-refractivity contribution >= 4 is 23.0 Å². The van der Waals surface area contributed by atoms with Gasteiger partial charge < -0.3 is 10.6 Å². The number of nitrogens with two attached hydrogens (primary N) is 1. The van der Waals surface area contributed by atoms with Crippen molar-refractivity contribution in [1.82, 2.24) is 0 Å². The van der Waals surface area contributed by atoms with Gasteiger partial charge in [0.25, 0.3) is 0 Å². The number of hydrogen-bond acceptors (Lipinski definition) is 2. The van der Waals surface area contributed by atoms with Crippen molar-refractivity contribution in [3.05, 3.63) is 58.6 Å². The molecule has 0 amide bonds. The van der Waals surface area contributed by atoms with Crippen LogP contribution < -0.4 is 10.6 Å². The summed E-state index contributed by atoms with van der Waals surface area (Å²) in [6.07, 6.45) is 2.32. The first kappa shape index (κ1) is 12.4. The fourth-order valence-corrected chi connectivity index (χ4v) is 2.86. The number of halogens is 1. The predicted molar refractivity (Wildman–Crippen MR) is 81.7 cm³/mol. The average Bonchev–Trinajstić information content (AvgIpc) is 2.42. The minimum Gasteiger partial charge on any atom is -0.399 e. The number of nitrogen functional groups attached to an aromatic ring is 1. The van der Waals surface area contributed by atoms with Crippen molar-refractivity contribution in [3.8, 4) is 0 Å².